The van der Waals surface area contributed by atoms with E-state index in [0.29, 0.717) is 19.0 Å². The van der Waals surface area contributed by atoms with E-state index >= 15 is 0 Å². The van der Waals surface area contributed by atoms with E-state index in [1.54, 1.807) is 0 Å². The molecule has 0 amide bonds. The number of aliphatic hydroxyl groups excluding tert-OH is 1. The van der Waals surface area contributed by atoms with Gasteiger partial charge in [-0.15, -0.1) is 0 Å². The number of rotatable bonds is 3. The number of aromatic nitrogens is 2. The number of β-amino-alcohol motifs (C(OH)–C–C–N with tert-alkyl or cyclic N) is 1. The molecule has 100 valence electrons. The number of ether oxygens (including phenoxy) is 1. The Morgan fingerprint density at radius 3 is 2.68 bits per heavy atom. The fraction of sp³-hybridized carbons (Fsp3) is 0.429. The van der Waals surface area contributed by atoms with Gasteiger partial charge in [-0.2, -0.15) is 0 Å². The maximum atomic E-state index is 9.66. The molecule has 1 fully saturated rings. The van der Waals surface area contributed by atoms with Crippen LogP contribution in [-0.4, -0.2) is 40.9 Å². The number of fused-ring (bicyclic) bond motifs is 1. The normalized spacial score (nSPS) is 19.1. The first kappa shape index (κ1) is 12.2. The van der Waals surface area contributed by atoms with Gasteiger partial charge < -0.3 is 14.7 Å². The quantitative estimate of drug-likeness (QED) is 0.907. The second-order valence-electron chi connectivity index (χ2n) is 4.66. The Morgan fingerprint density at radius 1 is 1.32 bits per heavy atom. The zero-order chi connectivity index (χ0) is 13.2. The van der Waals surface area contributed by atoms with E-state index in [-0.39, 0.29) is 6.10 Å². The van der Waals surface area contributed by atoms with Gasteiger partial charge >= 0.3 is 0 Å². The molecule has 0 unspecified atom stereocenters. The number of anilines is 1. The van der Waals surface area contributed by atoms with Crippen molar-refractivity contribution in [1.82, 2.24) is 9.97 Å². The average Bonchev–Trinajstić information content (AvgIpc) is 2.85. The number of para-hydroxylation sites is 2. The van der Waals surface area contributed by atoms with Gasteiger partial charge in [-0.25, -0.2) is 9.97 Å². The molecule has 0 bridgehead atoms. The van der Waals surface area contributed by atoms with Crippen molar-refractivity contribution < 1.29 is 9.84 Å². The van der Waals surface area contributed by atoms with Crippen LogP contribution in [0.3, 0.4) is 0 Å². The monoisotopic (exact) mass is 259 g/mol. The zero-order valence-corrected chi connectivity index (χ0v) is 10.9. The van der Waals surface area contributed by atoms with E-state index in [9.17, 15) is 5.11 Å². The summed E-state index contributed by atoms with van der Waals surface area (Å²) in [6.45, 7) is 3.86. The van der Waals surface area contributed by atoms with Gasteiger partial charge in [0.1, 0.15) is 0 Å². The van der Waals surface area contributed by atoms with Crippen molar-refractivity contribution in [2.75, 3.05) is 24.6 Å². The lowest BCUT2D eigenvalue weighted by atomic mass is 10.3. The van der Waals surface area contributed by atoms with Crippen LogP contribution in [0.1, 0.15) is 13.3 Å². The van der Waals surface area contributed by atoms with Gasteiger partial charge in [0, 0.05) is 13.1 Å². The smallest absolute Gasteiger partial charge is 0.258 e. The molecule has 3 rings (SSSR count). The lowest BCUT2D eigenvalue weighted by Gasteiger charge is -2.19. The number of hydrogen-bond donors (Lipinski definition) is 1. The highest BCUT2D eigenvalue weighted by molar-refractivity contribution is 5.77. The third kappa shape index (κ3) is 2.33. The van der Waals surface area contributed by atoms with Crippen LogP contribution >= 0.6 is 0 Å². The number of hydrogen-bond acceptors (Lipinski definition) is 5. The van der Waals surface area contributed by atoms with Gasteiger partial charge in [-0.1, -0.05) is 12.1 Å². The van der Waals surface area contributed by atoms with Gasteiger partial charge in [0.25, 0.3) is 5.88 Å². The van der Waals surface area contributed by atoms with Crippen LogP contribution in [0.2, 0.25) is 0 Å². The minimum absolute atomic E-state index is 0.289. The van der Waals surface area contributed by atoms with Gasteiger partial charge in [-0.3, -0.25) is 0 Å². The van der Waals surface area contributed by atoms with Crippen LogP contribution in [0.5, 0.6) is 5.88 Å². The Morgan fingerprint density at radius 2 is 2.05 bits per heavy atom. The Labute approximate surface area is 111 Å². The lowest BCUT2D eigenvalue weighted by molar-refractivity contribution is 0.198. The molecule has 0 aliphatic carbocycles. The molecule has 1 aliphatic heterocycles. The molecule has 1 aromatic heterocycles. The summed E-state index contributed by atoms with van der Waals surface area (Å²) in [5, 5.41) is 9.66. The predicted octanol–water partition coefficient (Wildman–Crippen LogP) is 1.60. The first-order valence-corrected chi connectivity index (χ1v) is 6.60. The highest BCUT2D eigenvalue weighted by atomic mass is 16.5. The van der Waals surface area contributed by atoms with Crippen molar-refractivity contribution in [3.05, 3.63) is 24.3 Å². The largest absolute Gasteiger partial charge is 0.475 e. The van der Waals surface area contributed by atoms with Gasteiger partial charge in [-0.05, 0) is 25.5 Å². The van der Waals surface area contributed by atoms with Crippen LogP contribution in [0.15, 0.2) is 24.3 Å². The lowest BCUT2D eigenvalue weighted by Crippen LogP contribution is -2.23. The number of aliphatic hydroxyl groups is 1. The summed E-state index contributed by atoms with van der Waals surface area (Å²) < 4.78 is 5.60. The summed E-state index contributed by atoms with van der Waals surface area (Å²) >= 11 is 0. The molecule has 1 N–H and O–H groups in total. The van der Waals surface area contributed by atoms with Crippen LogP contribution in [-0.2, 0) is 0 Å². The Balaban J connectivity index is 2.07. The molecule has 19 heavy (non-hydrogen) atoms. The van der Waals surface area contributed by atoms with Crippen molar-refractivity contribution in [2.45, 2.75) is 19.4 Å². The summed E-state index contributed by atoms with van der Waals surface area (Å²) in [6.07, 6.45) is 0.475. The van der Waals surface area contributed by atoms with E-state index in [1.165, 1.54) is 0 Å². The molecule has 5 heteroatoms. The minimum atomic E-state index is -0.289. The summed E-state index contributed by atoms with van der Waals surface area (Å²) in [5.41, 5.74) is 1.68. The van der Waals surface area contributed by atoms with Crippen LogP contribution in [0.25, 0.3) is 11.0 Å². The molecule has 1 aromatic carbocycles. The van der Waals surface area contributed by atoms with Gasteiger partial charge in [0.05, 0.1) is 23.7 Å². The standard InChI is InChI=1S/C14H17N3O2/c1-2-19-14-13(17-8-7-10(18)9-17)15-11-5-3-4-6-12(11)16-14/h3-6,10,18H,2,7-9H2,1H3/t10-/m1/s1. The molecule has 1 saturated heterocycles. The Bertz CT molecular complexity index is 588. The van der Waals surface area contributed by atoms with Gasteiger partial charge in [0.2, 0.25) is 0 Å². The first-order chi connectivity index (χ1) is 9.28. The third-order valence-electron chi connectivity index (χ3n) is 3.27. The third-order valence-corrected chi connectivity index (χ3v) is 3.27. The van der Waals surface area contributed by atoms with Crippen molar-refractivity contribution in [3.8, 4) is 5.88 Å². The first-order valence-electron chi connectivity index (χ1n) is 6.60. The average molecular weight is 259 g/mol. The molecule has 0 saturated carbocycles. The fourth-order valence-electron chi connectivity index (χ4n) is 2.35. The van der Waals surface area contributed by atoms with Crippen molar-refractivity contribution >= 4 is 16.9 Å². The minimum Gasteiger partial charge on any atom is -0.475 e. The van der Waals surface area contributed by atoms with Crippen LogP contribution in [0, 0.1) is 0 Å². The molecular formula is C14H17N3O2. The van der Waals surface area contributed by atoms with Crippen LogP contribution < -0.4 is 9.64 Å². The topological polar surface area (TPSA) is 58.5 Å². The second kappa shape index (κ2) is 5.01. The highest BCUT2D eigenvalue weighted by Gasteiger charge is 2.25. The summed E-state index contributed by atoms with van der Waals surface area (Å²) in [6, 6.07) is 7.74. The molecule has 0 spiro atoms. The van der Waals surface area contributed by atoms with Crippen molar-refractivity contribution in [1.29, 1.82) is 0 Å². The number of benzene rings is 1. The highest BCUT2D eigenvalue weighted by Crippen LogP contribution is 2.29. The Hall–Kier alpha value is -1.88. The molecule has 2 heterocycles. The van der Waals surface area contributed by atoms with Crippen molar-refractivity contribution in [2.24, 2.45) is 0 Å². The molecule has 1 aliphatic rings. The molecule has 1 atom stereocenters. The SMILES string of the molecule is CCOc1nc2ccccc2nc1N1CC[C@@H](O)C1. The maximum absolute atomic E-state index is 9.66. The van der Waals surface area contributed by atoms with E-state index < -0.39 is 0 Å². The fourth-order valence-corrected chi connectivity index (χ4v) is 2.35. The maximum Gasteiger partial charge on any atom is 0.258 e. The van der Waals surface area contributed by atoms with Crippen molar-refractivity contribution in [3.63, 3.8) is 0 Å². The summed E-state index contributed by atoms with van der Waals surface area (Å²) in [7, 11) is 0. The predicted molar refractivity (Wildman–Crippen MR) is 73.5 cm³/mol. The summed E-state index contributed by atoms with van der Waals surface area (Å²) in [5.74, 6) is 1.28. The molecule has 0 radical (unpaired) electrons. The van der Waals surface area contributed by atoms with Gasteiger partial charge in [0.15, 0.2) is 5.82 Å². The second-order valence-corrected chi connectivity index (χ2v) is 4.66. The van der Waals surface area contributed by atoms with Crippen LogP contribution in [0.4, 0.5) is 5.82 Å². The Kier molecular flexibility index (Phi) is 3.21. The summed E-state index contributed by atoms with van der Waals surface area (Å²) in [4.78, 5) is 11.2. The number of nitrogens with zero attached hydrogens (tertiary/aromatic N) is 3. The van der Waals surface area contributed by atoms with E-state index in [1.807, 2.05) is 36.1 Å². The van der Waals surface area contributed by atoms with E-state index in [0.717, 1.165) is 29.8 Å². The molecular weight excluding hydrogens is 242 g/mol. The van der Waals surface area contributed by atoms with E-state index in [2.05, 4.69) is 9.97 Å². The zero-order valence-electron chi connectivity index (χ0n) is 10.9. The molecule has 2 aromatic rings. The molecule has 5 nitrogen and oxygen atoms in total. The van der Waals surface area contributed by atoms with E-state index in [4.69, 9.17) is 4.74 Å².